The van der Waals surface area contributed by atoms with Crippen LogP contribution in [-0.4, -0.2) is 117 Å². The molecule has 0 spiro atoms. The highest BCUT2D eigenvalue weighted by atomic mass is 19.1. The van der Waals surface area contributed by atoms with Crippen LogP contribution in [0.1, 0.15) is 53.4 Å². The van der Waals surface area contributed by atoms with Gasteiger partial charge in [0.1, 0.15) is 18.3 Å². The van der Waals surface area contributed by atoms with Crippen molar-refractivity contribution >= 4 is 11.6 Å². The van der Waals surface area contributed by atoms with Crippen LogP contribution in [-0.2, 0) is 9.53 Å². The van der Waals surface area contributed by atoms with Crippen molar-refractivity contribution < 1.29 is 18.3 Å². The van der Waals surface area contributed by atoms with Gasteiger partial charge in [-0.3, -0.25) is 19.6 Å². The molecule has 11 heteroatoms. The fourth-order valence-corrected chi connectivity index (χ4v) is 5.88. The number of hydrogen-bond acceptors (Lipinski definition) is 8. The first kappa shape index (κ1) is 31.3. The molecule has 3 aliphatic rings. The Labute approximate surface area is 227 Å². The Kier molecular flexibility index (Phi) is 11.9. The van der Waals surface area contributed by atoms with Crippen molar-refractivity contribution in [1.82, 2.24) is 20.4 Å². The number of piperidine rings is 1. The van der Waals surface area contributed by atoms with Gasteiger partial charge in [-0.05, 0) is 38.0 Å². The normalized spacial score (nSPS) is 28.9. The van der Waals surface area contributed by atoms with E-state index in [1.54, 1.807) is 6.92 Å². The van der Waals surface area contributed by atoms with Crippen molar-refractivity contribution in [3.8, 4) is 0 Å². The SMILES string of the molecule is CC(=NCC(F)CCC(C)(C)C)C(C(=O)NC1CNCC(F)C1N1CCN(C2CCOCC2)CC1)C(N)N. The second-order valence-electron chi connectivity index (χ2n) is 12.4. The summed E-state index contributed by atoms with van der Waals surface area (Å²) in [5.41, 5.74) is 12.4. The maximum atomic E-state index is 15.3. The Morgan fingerprint density at radius 2 is 1.76 bits per heavy atom. The minimum absolute atomic E-state index is 0.0318. The lowest BCUT2D eigenvalue weighted by Gasteiger charge is -2.47. The number of carbonyl (C=O) groups is 1. The number of nitrogens with two attached hydrogens (primary N) is 2. The summed E-state index contributed by atoms with van der Waals surface area (Å²) < 4.78 is 35.2. The maximum Gasteiger partial charge on any atom is 0.232 e. The van der Waals surface area contributed by atoms with Crippen molar-refractivity contribution in [3.63, 3.8) is 0 Å². The first-order valence-electron chi connectivity index (χ1n) is 14.3. The number of nitrogens with zero attached hydrogens (tertiary/aromatic N) is 3. The van der Waals surface area contributed by atoms with E-state index in [-0.39, 0.29) is 18.5 Å². The molecule has 6 N–H and O–H groups in total. The van der Waals surface area contributed by atoms with Crippen LogP contribution < -0.4 is 22.1 Å². The van der Waals surface area contributed by atoms with Gasteiger partial charge >= 0.3 is 0 Å². The summed E-state index contributed by atoms with van der Waals surface area (Å²) in [6.45, 7) is 13.4. The van der Waals surface area contributed by atoms with Crippen LogP contribution in [0.15, 0.2) is 4.99 Å². The lowest BCUT2D eigenvalue weighted by atomic mass is 9.89. The molecule has 3 rings (SSSR count). The van der Waals surface area contributed by atoms with Crippen LogP contribution in [0.5, 0.6) is 0 Å². The van der Waals surface area contributed by atoms with Crippen LogP contribution in [0.2, 0.25) is 0 Å². The number of ether oxygens (including phenoxy) is 1. The van der Waals surface area contributed by atoms with Gasteiger partial charge < -0.3 is 26.8 Å². The number of hydrogen-bond donors (Lipinski definition) is 4. The summed E-state index contributed by atoms with van der Waals surface area (Å²) in [7, 11) is 0. The fourth-order valence-electron chi connectivity index (χ4n) is 5.88. The smallest absolute Gasteiger partial charge is 0.232 e. The first-order valence-corrected chi connectivity index (χ1v) is 14.3. The van der Waals surface area contributed by atoms with Crippen molar-refractivity contribution in [2.75, 3.05) is 59.0 Å². The first-order chi connectivity index (χ1) is 18.0. The zero-order valence-electron chi connectivity index (χ0n) is 23.8. The summed E-state index contributed by atoms with van der Waals surface area (Å²) in [5, 5.41) is 6.12. The second kappa shape index (κ2) is 14.4. The minimum Gasteiger partial charge on any atom is -0.381 e. The van der Waals surface area contributed by atoms with Crippen LogP contribution in [0.4, 0.5) is 8.78 Å². The highest BCUT2D eigenvalue weighted by Crippen LogP contribution is 2.24. The molecule has 3 fully saturated rings. The number of halogens is 2. The Balaban J connectivity index is 1.59. The Hall–Kier alpha value is -1.24. The van der Waals surface area contributed by atoms with E-state index in [0.29, 0.717) is 24.7 Å². The van der Waals surface area contributed by atoms with Crippen molar-refractivity contribution in [3.05, 3.63) is 0 Å². The number of alkyl halides is 2. The van der Waals surface area contributed by atoms with Crippen molar-refractivity contribution in [1.29, 1.82) is 0 Å². The molecule has 220 valence electrons. The molecule has 0 aromatic carbocycles. The highest BCUT2D eigenvalue weighted by molar-refractivity contribution is 6.03. The van der Waals surface area contributed by atoms with Gasteiger partial charge in [0.05, 0.1) is 24.8 Å². The van der Waals surface area contributed by atoms with Gasteiger partial charge in [-0.15, -0.1) is 0 Å². The summed E-state index contributed by atoms with van der Waals surface area (Å²) >= 11 is 0. The number of carbonyl (C=O) groups excluding carboxylic acids is 1. The molecule has 5 unspecified atom stereocenters. The molecule has 0 aliphatic carbocycles. The summed E-state index contributed by atoms with van der Waals surface area (Å²) in [5.74, 6) is -1.30. The van der Waals surface area contributed by atoms with E-state index in [1.165, 1.54) is 0 Å². The zero-order valence-corrected chi connectivity index (χ0v) is 23.8. The number of amides is 1. The Morgan fingerprint density at radius 1 is 1.13 bits per heavy atom. The third-order valence-corrected chi connectivity index (χ3v) is 8.16. The molecule has 9 nitrogen and oxygen atoms in total. The lowest BCUT2D eigenvalue weighted by Crippen LogP contribution is -2.68. The van der Waals surface area contributed by atoms with Gasteiger partial charge in [0.2, 0.25) is 5.91 Å². The zero-order chi connectivity index (χ0) is 27.9. The number of rotatable bonds is 10. The van der Waals surface area contributed by atoms with Crippen LogP contribution in [0, 0.1) is 11.3 Å². The third-order valence-electron chi connectivity index (χ3n) is 8.16. The van der Waals surface area contributed by atoms with E-state index in [0.717, 1.165) is 58.7 Å². The third kappa shape index (κ3) is 9.16. The van der Waals surface area contributed by atoms with Crippen LogP contribution >= 0.6 is 0 Å². The molecule has 0 aromatic rings. The average molecular weight is 544 g/mol. The second-order valence-corrected chi connectivity index (χ2v) is 12.4. The number of nitrogens with one attached hydrogen (secondary N) is 2. The molecular formula is C27H51F2N7O2. The van der Waals surface area contributed by atoms with Gasteiger partial charge in [-0.2, -0.15) is 0 Å². The minimum atomic E-state index is -1.11. The molecule has 0 aromatic heterocycles. The van der Waals surface area contributed by atoms with E-state index >= 15 is 4.39 Å². The topological polar surface area (TPSA) is 121 Å². The molecule has 0 saturated carbocycles. The van der Waals surface area contributed by atoms with Crippen molar-refractivity contribution in [2.45, 2.75) is 90.0 Å². The standard InChI is InChI=1S/C27H51F2N7O2/c1-18(33-15-19(28)5-8-27(2,3)4)23(25(30)31)26(37)34-22-17-32-16-21(29)24(22)36-11-9-35(10-12-36)20-6-13-38-14-7-20/h19-25,32H,5-17,30-31H2,1-4H3,(H,34,37). The molecule has 0 radical (unpaired) electrons. The molecule has 38 heavy (non-hydrogen) atoms. The van der Waals surface area contributed by atoms with E-state index in [2.05, 4.69) is 46.2 Å². The van der Waals surface area contributed by atoms with E-state index in [1.807, 2.05) is 0 Å². The predicted molar refractivity (Wildman–Crippen MR) is 148 cm³/mol. The van der Waals surface area contributed by atoms with Gasteiger partial charge in [0.15, 0.2) is 0 Å². The number of aliphatic imine (C=N–C) groups is 1. The molecule has 3 heterocycles. The van der Waals surface area contributed by atoms with E-state index in [9.17, 15) is 9.18 Å². The quantitative estimate of drug-likeness (QED) is 0.240. The average Bonchev–Trinajstić information content (AvgIpc) is 2.86. The molecule has 3 aliphatic heterocycles. The summed E-state index contributed by atoms with van der Waals surface area (Å²) in [4.78, 5) is 22.4. The number of piperazine rings is 1. The molecular weight excluding hydrogens is 492 g/mol. The van der Waals surface area contributed by atoms with Crippen molar-refractivity contribution in [2.24, 2.45) is 27.8 Å². The molecule has 3 saturated heterocycles. The van der Waals surface area contributed by atoms with Gasteiger partial charge in [-0.25, -0.2) is 8.78 Å². The Bertz CT molecular complexity index is 765. The summed E-state index contributed by atoms with van der Waals surface area (Å²) in [6.07, 6.45) is 0.0246. The predicted octanol–water partition coefficient (Wildman–Crippen LogP) is 1.06. The fraction of sp³-hybridized carbons (Fsp3) is 0.926. The largest absolute Gasteiger partial charge is 0.381 e. The van der Waals surface area contributed by atoms with E-state index < -0.39 is 42.4 Å². The summed E-state index contributed by atoms with van der Waals surface area (Å²) in [6, 6.07) is -0.339. The maximum absolute atomic E-state index is 15.3. The Morgan fingerprint density at radius 3 is 2.37 bits per heavy atom. The van der Waals surface area contributed by atoms with Crippen LogP contribution in [0.3, 0.4) is 0 Å². The monoisotopic (exact) mass is 543 g/mol. The van der Waals surface area contributed by atoms with Gasteiger partial charge in [-0.1, -0.05) is 20.8 Å². The van der Waals surface area contributed by atoms with E-state index in [4.69, 9.17) is 16.2 Å². The molecule has 5 atom stereocenters. The highest BCUT2D eigenvalue weighted by Gasteiger charge is 2.41. The van der Waals surface area contributed by atoms with Crippen LogP contribution in [0.25, 0.3) is 0 Å². The molecule has 1 amide bonds. The lowest BCUT2D eigenvalue weighted by molar-refractivity contribution is -0.125. The molecule has 0 bridgehead atoms. The van der Waals surface area contributed by atoms with Gasteiger partial charge in [0.25, 0.3) is 0 Å². The van der Waals surface area contributed by atoms with Gasteiger partial charge in [0, 0.05) is 64.2 Å².